The molecule has 0 aliphatic carbocycles. The van der Waals surface area contributed by atoms with Gasteiger partial charge in [-0.1, -0.05) is 0 Å². The topological polar surface area (TPSA) is 74.4 Å². The van der Waals surface area contributed by atoms with E-state index in [9.17, 15) is 4.79 Å². The maximum absolute atomic E-state index is 10.8. The van der Waals surface area contributed by atoms with Crippen LogP contribution in [0.4, 0.5) is 5.82 Å². The second-order valence-electron chi connectivity index (χ2n) is 3.36. The average Bonchev–Trinajstić information content (AvgIpc) is 2.26. The van der Waals surface area contributed by atoms with Crippen LogP contribution in [-0.2, 0) is 9.53 Å². The fourth-order valence-corrected chi connectivity index (χ4v) is 1.19. The lowest BCUT2D eigenvalue weighted by molar-refractivity contribution is -0.140. The molecular formula is C11H16N2O3. The molecule has 5 heteroatoms. The van der Waals surface area contributed by atoms with Gasteiger partial charge in [-0.3, -0.25) is 4.79 Å². The number of ether oxygens (including phenoxy) is 2. The first-order valence-electron chi connectivity index (χ1n) is 5.06. The zero-order valence-electron chi connectivity index (χ0n) is 9.53. The van der Waals surface area contributed by atoms with E-state index in [4.69, 9.17) is 10.5 Å². The molecule has 0 unspecified atom stereocenters. The first kappa shape index (κ1) is 12.3. The smallest absolute Gasteiger partial charge is 0.305 e. The second kappa shape index (κ2) is 5.95. The molecule has 0 aromatic carbocycles. The molecule has 88 valence electrons. The van der Waals surface area contributed by atoms with Gasteiger partial charge in [0.1, 0.15) is 0 Å². The Morgan fingerprint density at radius 1 is 1.50 bits per heavy atom. The van der Waals surface area contributed by atoms with Crippen LogP contribution < -0.4 is 10.5 Å². The Labute approximate surface area is 94.6 Å². The number of aryl methyl sites for hydroxylation is 1. The molecule has 5 nitrogen and oxygen atoms in total. The number of hydrogen-bond acceptors (Lipinski definition) is 5. The standard InChI is InChI=1S/C11H16N2O3/c1-8-5-6-9(11(12)13-8)16-7-3-4-10(14)15-2/h5-6H,3-4,7H2,1-2H3,(H2,12,13). The van der Waals surface area contributed by atoms with Crippen LogP contribution in [-0.4, -0.2) is 24.7 Å². The molecule has 1 heterocycles. The Morgan fingerprint density at radius 2 is 2.25 bits per heavy atom. The summed E-state index contributed by atoms with van der Waals surface area (Å²) in [6, 6.07) is 3.60. The van der Waals surface area contributed by atoms with Crippen molar-refractivity contribution in [2.45, 2.75) is 19.8 Å². The van der Waals surface area contributed by atoms with Crippen LogP contribution in [0.15, 0.2) is 12.1 Å². The molecule has 1 rings (SSSR count). The summed E-state index contributed by atoms with van der Waals surface area (Å²) in [5, 5.41) is 0. The van der Waals surface area contributed by atoms with E-state index in [0.717, 1.165) is 5.69 Å². The van der Waals surface area contributed by atoms with E-state index in [1.54, 1.807) is 6.07 Å². The lowest BCUT2D eigenvalue weighted by Crippen LogP contribution is -2.06. The highest BCUT2D eigenvalue weighted by atomic mass is 16.5. The largest absolute Gasteiger partial charge is 0.490 e. The van der Waals surface area contributed by atoms with Crippen LogP contribution in [0.3, 0.4) is 0 Å². The van der Waals surface area contributed by atoms with Gasteiger partial charge in [-0.25, -0.2) is 4.98 Å². The van der Waals surface area contributed by atoms with E-state index in [1.165, 1.54) is 7.11 Å². The summed E-state index contributed by atoms with van der Waals surface area (Å²) in [4.78, 5) is 14.9. The van der Waals surface area contributed by atoms with Crippen molar-refractivity contribution in [3.63, 3.8) is 0 Å². The van der Waals surface area contributed by atoms with E-state index in [-0.39, 0.29) is 5.97 Å². The van der Waals surface area contributed by atoms with E-state index < -0.39 is 0 Å². The van der Waals surface area contributed by atoms with Gasteiger partial charge in [-0.05, 0) is 25.5 Å². The van der Waals surface area contributed by atoms with Crippen molar-refractivity contribution in [2.75, 3.05) is 19.5 Å². The monoisotopic (exact) mass is 224 g/mol. The van der Waals surface area contributed by atoms with E-state index in [1.807, 2.05) is 13.0 Å². The third-order valence-corrected chi connectivity index (χ3v) is 2.04. The van der Waals surface area contributed by atoms with Crippen molar-refractivity contribution < 1.29 is 14.3 Å². The molecule has 16 heavy (non-hydrogen) atoms. The molecule has 1 aromatic heterocycles. The number of methoxy groups -OCH3 is 1. The Kier molecular flexibility index (Phi) is 4.57. The Bertz CT molecular complexity index is 366. The quantitative estimate of drug-likeness (QED) is 0.602. The van der Waals surface area contributed by atoms with Gasteiger partial charge in [0.15, 0.2) is 11.6 Å². The molecule has 0 aliphatic heterocycles. The number of anilines is 1. The van der Waals surface area contributed by atoms with Gasteiger partial charge in [0.05, 0.1) is 13.7 Å². The lowest BCUT2D eigenvalue weighted by atomic mass is 10.3. The normalized spacial score (nSPS) is 9.88. The van der Waals surface area contributed by atoms with Gasteiger partial charge in [-0.15, -0.1) is 0 Å². The van der Waals surface area contributed by atoms with Crippen LogP contribution >= 0.6 is 0 Å². The van der Waals surface area contributed by atoms with Crippen molar-refractivity contribution in [1.82, 2.24) is 4.98 Å². The number of rotatable bonds is 5. The van der Waals surface area contributed by atoms with Crippen LogP contribution in [0.25, 0.3) is 0 Å². The number of aromatic nitrogens is 1. The predicted molar refractivity (Wildman–Crippen MR) is 60.1 cm³/mol. The number of nitrogens with two attached hydrogens (primary N) is 1. The average molecular weight is 224 g/mol. The number of nitrogen functional groups attached to an aromatic ring is 1. The highest BCUT2D eigenvalue weighted by Crippen LogP contribution is 2.18. The van der Waals surface area contributed by atoms with Crippen LogP contribution in [0.2, 0.25) is 0 Å². The lowest BCUT2D eigenvalue weighted by Gasteiger charge is -2.07. The minimum absolute atomic E-state index is 0.237. The SMILES string of the molecule is COC(=O)CCCOc1ccc(C)nc1N. The Morgan fingerprint density at radius 3 is 2.88 bits per heavy atom. The van der Waals surface area contributed by atoms with Gasteiger partial charge in [0, 0.05) is 12.1 Å². The van der Waals surface area contributed by atoms with Crippen LogP contribution in [0.1, 0.15) is 18.5 Å². The highest BCUT2D eigenvalue weighted by Gasteiger charge is 2.03. The van der Waals surface area contributed by atoms with Gasteiger partial charge in [0.25, 0.3) is 0 Å². The van der Waals surface area contributed by atoms with E-state index in [0.29, 0.717) is 31.0 Å². The van der Waals surface area contributed by atoms with Crippen molar-refractivity contribution in [3.8, 4) is 5.75 Å². The molecule has 0 radical (unpaired) electrons. The maximum Gasteiger partial charge on any atom is 0.305 e. The first-order chi connectivity index (χ1) is 7.63. The Balaban J connectivity index is 2.35. The van der Waals surface area contributed by atoms with Crippen molar-refractivity contribution in [1.29, 1.82) is 0 Å². The molecule has 0 aliphatic rings. The first-order valence-corrected chi connectivity index (χ1v) is 5.06. The van der Waals surface area contributed by atoms with Gasteiger partial charge >= 0.3 is 5.97 Å². The summed E-state index contributed by atoms with van der Waals surface area (Å²) < 4.78 is 9.90. The zero-order valence-corrected chi connectivity index (χ0v) is 9.53. The summed E-state index contributed by atoms with van der Waals surface area (Å²) in [5.41, 5.74) is 6.51. The number of nitrogens with zero attached hydrogens (tertiary/aromatic N) is 1. The maximum atomic E-state index is 10.8. The molecule has 0 fully saturated rings. The number of carbonyl (C=O) groups excluding carboxylic acids is 1. The molecule has 0 spiro atoms. The molecule has 0 bridgehead atoms. The summed E-state index contributed by atoms with van der Waals surface area (Å²) in [5.74, 6) is 0.687. The second-order valence-corrected chi connectivity index (χ2v) is 3.36. The molecule has 0 atom stereocenters. The van der Waals surface area contributed by atoms with Crippen LogP contribution in [0, 0.1) is 6.92 Å². The summed E-state index contributed by atoms with van der Waals surface area (Å²) in [7, 11) is 1.37. The summed E-state index contributed by atoms with van der Waals surface area (Å²) in [6.07, 6.45) is 0.940. The number of pyridine rings is 1. The van der Waals surface area contributed by atoms with E-state index in [2.05, 4.69) is 9.72 Å². The third-order valence-electron chi connectivity index (χ3n) is 2.04. The third kappa shape index (κ3) is 3.76. The fourth-order valence-electron chi connectivity index (χ4n) is 1.19. The van der Waals surface area contributed by atoms with Gasteiger partial charge in [-0.2, -0.15) is 0 Å². The summed E-state index contributed by atoms with van der Waals surface area (Å²) in [6.45, 7) is 2.28. The molecular weight excluding hydrogens is 208 g/mol. The minimum Gasteiger partial charge on any atom is -0.490 e. The molecule has 0 saturated heterocycles. The number of esters is 1. The highest BCUT2D eigenvalue weighted by molar-refractivity contribution is 5.69. The van der Waals surface area contributed by atoms with Crippen molar-refractivity contribution >= 4 is 11.8 Å². The molecule has 1 aromatic rings. The number of carbonyl (C=O) groups is 1. The molecule has 0 amide bonds. The van der Waals surface area contributed by atoms with Gasteiger partial charge < -0.3 is 15.2 Å². The minimum atomic E-state index is -0.237. The Hall–Kier alpha value is -1.78. The van der Waals surface area contributed by atoms with Crippen LogP contribution in [0.5, 0.6) is 5.75 Å². The molecule has 0 saturated carbocycles. The fraction of sp³-hybridized carbons (Fsp3) is 0.455. The summed E-state index contributed by atoms with van der Waals surface area (Å²) >= 11 is 0. The zero-order chi connectivity index (χ0) is 12.0. The van der Waals surface area contributed by atoms with Gasteiger partial charge in [0.2, 0.25) is 0 Å². The van der Waals surface area contributed by atoms with Crippen molar-refractivity contribution in [3.05, 3.63) is 17.8 Å². The number of hydrogen-bond donors (Lipinski definition) is 1. The predicted octanol–water partition coefficient (Wildman–Crippen LogP) is 1.30. The molecule has 2 N–H and O–H groups in total. The van der Waals surface area contributed by atoms with E-state index >= 15 is 0 Å². The van der Waals surface area contributed by atoms with Crippen molar-refractivity contribution in [2.24, 2.45) is 0 Å².